The van der Waals surface area contributed by atoms with Crippen LogP contribution in [0, 0.1) is 46.3 Å². The Bertz CT molecular complexity index is 1420. The van der Waals surface area contributed by atoms with Gasteiger partial charge in [0.05, 0.1) is 33.9 Å². The summed E-state index contributed by atoms with van der Waals surface area (Å²) < 4.78 is 36.8. The molecule has 0 spiro atoms. The zero-order valence-corrected chi connectivity index (χ0v) is 43.8. The van der Waals surface area contributed by atoms with Crippen molar-refractivity contribution in [3.05, 3.63) is 11.6 Å². The van der Waals surface area contributed by atoms with E-state index in [4.69, 9.17) is 18.5 Å². The van der Waals surface area contributed by atoms with Crippen LogP contribution < -0.4 is 4.89 Å². The molecule has 0 aromatic heterocycles. The van der Waals surface area contributed by atoms with Crippen LogP contribution in [0.5, 0.6) is 0 Å². The number of hydrogen-bond acceptors (Lipinski definition) is 7. The molecule has 0 saturated heterocycles. The topological polar surface area (TPSA) is 114 Å². The Balaban J connectivity index is 1.30. The van der Waals surface area contributed by atoms with Crippen LogP contribution in [0.25, 0.3) is 0 Å². The summed E-state index contributed by atoms with van der Waals surface area (Å²) >= 11 is 0. The van der Waals surface area contributed by atoms with E-state index in [-0.39, 0.29) is 24.7 Å². The second-order valence-corrected chi connectivity index (χ2v) is 24.8. The van der Waals surface area contributed by atoms with Crippen molar-refractivity contribution in [1.29, 1.82) is 0 Å². The Kier molecular flexibility index (Phi) is 23.9. The molecule has 0 bridgehead atoms. The molecular formula is C54H100NO8P. The standard InChI is InChI=1S/C54H100NO8P/c1-10-11-12-13-14-15-16-17-18-19-20-21-22-23-24-25-38-60-51(52(56)57)50(41-62-64(58,59)61-39-37-55(7,8)9)63-45-33-35-53(5)44(40-45)29-30-46-48-32-31-47(43(4)28-26-27-42(2)3)54(48,6)36-34-49(46)53/h29,42-43,45-51H,10-28,30-41H2,1-9H3,(H-,56,57,58,59)/t43-,45?,46?,47-,48?,49?,50?,51?,53+,54-/m1/s1. The van der Waals surface area contributed by atoms with Crippen molar-refractivity contribution in [2.24, 2.45) is 46.3 Å². The maximum atomic E-state index is 12.9. The van der Waals surface area contributed by atoms with Crippen LogP contribution in [0.1, 0.15) is 215 Å². The molecule has 7 unspecified atom stereocenters. The highest BCUT2D eigenvalue weighted by Gasteiger charge is 2.59. The predicted molar refractivity (Wildman–Crippen MR) is 261 cm³/mol. The van der Waals surface area contributed by atoms with Gasteiger partial charge >= 0.3 is 5.97 Å². The van der Waals surface area contributed by atoms with Crippen molar-refractivity contribution in [3.8, 4) is 0 Å². The fourth-order valence-corrected chi connectivity index (χ4v) is 13.7. The average Bonchev–Trinajstić information content (AvgIpc) is 3.58. The van der Waals surface area contributed by atoms with Gasteiger partial charge in [-0.1, -0.05) is 169 Å². The maximum absolute atomic E-state index is 12.9. The number of rotatable bonds is 34. The zero-order valence-electron chi connectivity index (χ0n) is 42.9. The molecule has 4 rings (SSSR count). The summed E-state index contributed by atoms with van der Waals surface area (Å²) in [7, 11) is 1.17. The van der Waals surface area contributed by atoms with Crippen molar-refractivity contribution in [1.82, 2.24) is 0 Å². The number of phosphoric acid groups is 1. The van der Waals surface area contributed by atoms with Crippen molar-refractivity contribution in [2.75, 3.05) is 47.5 Å². The lowest BCUT2D eigenvalue weighted by Crippen LogP contribution is -2.51. The average molecular weight is 922 g/mol. The number of carboxylic acid groups (broad SMARTS) is 1. The molecule has 10 heteroatoms. The second kappa shape index (κ2) is 27.4. The van der Waals surface area contributed by atoms with Crippen molar-refractivity contribution in [2.45, 2.75) is 233 Å². The highest BCUT2D eigenvalue weighted by molar-refractivity contribution is 7.45. The highest BCUT2D eigenvalue weighted by atomic mass is 31.2. The Morgan fingerprint density at radius 2 is 1.41 bits per heavy atom. The summed E-state index contributed by atoms with van der Waals surface area (Å²) in [6.45, 7) is 14.9. The van der Waals surface area contributed by atoms with E-state index in [2.05, 4.69) is 47.6 Å². The van der Waals surface area contributed by atoms with E-state index in [9.17, 15) is 19.4 Å². The Morgan fingerprint density at radius 1 is 0.797 bits per heavy atom. The molecule has 11 atom stereocenters. The smallest absolute Gasteiger partial charge is 0.335 e. The van der Waals surface area contributed by atoms with E-state index in [1.807, 2.05) is 21.1 Å². The number of likely N-dealkylation sites (N-methyl/N-ethyl adjacent to an activating group) is 1. The van der Waals surface area contributed by atoms with Gasteiger partial charge in [-0.05, 0) is 104 Å². The van der Waals surface area contributed by atoms with E-state index in [1.165, 1.54) is 134 Å². The summed E-state index contributed by atoms with van der Waals surface area (Å²) in [6.07, 6.45) is 33.1. The van der Waals surface area contributed by atoms with Crippen LogP contribution in [-0.4, -0.2) is 81.4 Å². The molecule has 0 heterocycles. The molecule has 4 aliphatic rings. The molecule has 0 aliphatic heterocycles. The molecule has 64 heavy (non-hydrogen) atoms. The predicted octanol–water partition coefficient (Wildman–Crippen LogP) is 13.7. The van der Waals surface area contributed by atoms with Gasteiger partial charge in [0, 0.05) is 6.61 Å². The number of quaternary nitrogens is 1. The molecular weight excluding hydrogens is 822 g/mol. The molecule has 4 aliphatic carbocycles. The van der Waals surface area contributed by atoms with E-state index in [0.29, 0.717) is 22.4 Å². The molecule has 9 nitrogen and oxygen atoms in total. The summed E-state index contributed by atoms with van der Waals surface area (Å²) in [5, 5.41) is 10.5. The first-order valence-corrected chi connectivity index (χ1v) is 28.5. The van der Waals surface area contributed by atoms with Crippen molar-refractivity contribution in [3.63, 3.8) is 0 Å². The van der Waals surface area contributed by atoms with Gasteiger partial charge in [0.2, 0.25) is 0 Å². The van der Waals surface area contributed by atoms with Gasteiger partial charge in [0.25, 0.3) is 7.82 Å². The minimum absolute atomic E-state index is 0.0244. The molecule has 0 radical (unpaired) electrons. The first-order valence-electron chi connectivity index (χ1n) is 27.0. The van der Waals surface area contributed by atoms with Gasteiger partial charge in [-0.25, -0.2) is 4.79 Å². The van der Waals surface area contributed by atoms with Gasteiger partial charge in [-0.2, -0.15) is 0 Å². The quantitative estimate of drug-likeness (QED) is 0.0294. The maximum Gasteiger partial charge on any atom is 0.335 e. The highest BCUT2D eigenvalue weighted by Crippen LogP contribution is 2.67. The van der Waals surface area contributed by atoms with Crippen LogP contribution in [0.3, 0.4) is 0 Å². The van der Waals surface area contributed by atoms with Crippen molar-refractivity contribution < 1.29 is 42.4 Å². The van der Waals surface area contributed by atoms with Crippen LogP contribution in [-0.2, 0) is 27.9 Å². The lowest BCUT2D eigenvalue weighted by atomic mass is 9.47. The fraction of sp³-hybridized carbons (Fsp3) is 0.944. The SMILES string of the molecule is CCCCCCCCCCCCCCCCCCOC(C(=O)O)C(COP(=O)([O-])OCC[N+](C)(C)C)OC1CC[C@@]2(C)C(=CCC3C2CC[C@@]2(C)C3CC[C@@H]2[C@H](C)CCCC(C)C)C1. The monoisotopic (exact) mass is 922 g/mol. The molecule has 3 fully saturated rings. The number of allylic oxidation sites excluding steroid dienone is 1. The van der Waals surface area contributed by atoms with Crippen LogP contribution in [0.4, 0.5) is 0 Å². The molecule has 0 amide bonds. The van der Waals surface area contributed by atoms with Crippen LogP contribution in [0.2, 0.25) is 0 Å². The lowest BCUT2D eigenvalue weighted by Gasteiger charge is -2.58. The van der Waals surface area contributed by atoms with Gasteiger partial charge in [0.1, 0.15) is 19.3 Å². The molecule has 0 aromatic carbocycles. The number of aliphatic carboxylic acids is 1. The van der Waals surface area contributed by atoms with E-state index in [1.54, 1.807) is 0 Å². The first kappa shape index (κ1) is 55.8. The fourth-order valence-electron chi connectivity index (χ4n) is 13.0. The summed E-state index contributed by atoms with van der Waals surface area (Å²) in [5.74, 6) is 3.39. The summed E-state index contributed by atoms with van der Waals surface area (Å²) in [6, 6.07) is 0. The van der Waals surface area contributed by atoms with Gasteiger partial charge in [-0.15, -0.1) is 0 Å². The molecule has 0 aromatic rings. The van der Waals surface area contributed by atoms with Crippen LogP contribution in [0.15, 0.2) is 11.6 Å². The number of ether oxygens (including phenoxy) is 2. The van der Waals surface area contributed by atoms with Crippen molar-refractivity contribution >= 4 is 13.8 Å². The molecule has 374 valence electrons. The first-order chi connectivity index (χ1) is 30.4. The molecule has 1 N–H and O–H groups in total. The summed E-state index contributed by atoms with van der Waals surface area (Å²) in [5.41, 5.74) is 1.99. The number of phosphoric ester groups is 1. The van der Waals surface area contributed by atoms with Gasteiger partial charge in [-0.3, -0.25) is 4.57 Å². The number of carboxylic acids is 1. The number of fused-ring (bicyclic) bond motifs is 5. The third kappa shape index (κ3) is 17.6. The van der Waals surface area contributed by atoms with Crippen LogP contribution >= 0.6 is 7.82 Å². The second-order valence-electron chi connectivity index (χ2n) is 23.4. The normalized spacial score (nSPS) is 29.4. The van der Waals surface area contributed by atoms with E-state index < -0.39 is 32.6 Å². The molecule has 3 saturated carbocycles. The third-order valence-electron chi connectivity index (χ3n) is 16.9. The lowest BCUT2D eigenvalue weighted by molar-refractivity contribution is -0.870. The Morgan fingerprint density at radius 3 is 1.98 bits per heavy atom. The Hall–Kier alpha value is -0.800. The zero-order chi connectivity index (χ0) is 46.8. The largest absolute Gasteiger partial charge is 0.756 e. The minimum atomic E-state index is -4.71. The minimum Gasteiger partial charge on any atom is -0.756 e. The number of carbonyl (C=O) groups is 1. The number of hydrogen-bond donors (Lipinski definition) is 1. The number of nitrogens with zero attached hydrogens (tertiary/aromatic N) is 1. The summed E-state index contributed by atoms with van der Waals surface area (Å²) in [4.78, 5) is 25.8. The van der Waals surface area contributed by atoms with E-state index >= 15 is 0 Å². The van der Waals surface area contributed by atoms with Gasteiger partial charge in [0.15, 0.2) is 6.10 Å². The van der Waals surface area contributed by atoms with E-state index in [0.717, 1.165) is 74.5 Å². The number of unbranched alkanes of at least 4 members (excludes halogenated alkanes) is 15. The Labute approximate surface area is 393 Å². The third-order valence-corrected chi connectivity index (χ3v) is 17.9. The van der Waals surface area contributed by atoms with Gasteiger partial charge < -0.3 is 33.0 Å².